The van der Waals surface area contributed by atoms with Crippen molar-refractivity contribution in [2.45, 2.75) is 31.7 Å². The largest absolute Gasteiger partial charge is 0.481 e. The van der Waals surface area contributed by atoms with E-state index in [1.54, 1.807) is 0 Å². The summed E-state index contributed by atoms with van der Waals surface area (Å²) in [5, 5.41) is 8.42. The summed E-state index contributed by atoms with van der Waals surface area (Å²) in [6.45, 7) is 0.492. The van der Waals surface area contributed by atoms with Crippen molar-refractivity contribution in [1.82, 2.24) is 4.90 Å². The molecular formula is C9H14N2O4. The fraction of sp³-hybridized carbons (Fsp3) is 0.667. The SMILES string of the molecule is NC(=O)[C@H]1CCCN1C(=O)CCC(=O)O. The second kappa shape index (κ2) is 4.77. The lowest BCUT2D eigenvalue weighted by Gasteiger charge is -2.21. The molecule has 1 aliphatic heterocycles. The van der Waals surface area contributed by atoms with Crippen molar-refractivity contribution in [2.75, 3.05) is 6.54 Å². The molecule has 1 rings (SSSR count). The molecule has 1 atom stereocenters. The highest BCUT2D eigenvalue weighted by atomic mass is 16.4. The molecule has 0 aromatic rings. The number of nitrogens with zero attached hydrogens (tertiary/aromatic N) is 1. The number of amides is 2. The summed E-state index contributed by atoms with van der Waals surface area (Å²) in [5.41, 5.74) is 5.13. The van der Waals surface area contributed by atoms with Crippen LogP contribution in [-0.2, 0) is 14.4 Å². The van der Waals surface area contributed by atoms with Crippen molar-refractivity contribution in [3.63, 3.8) is 0 Å². The number of carbonyl (C=O) groups excluding carboxylic acids is 2. The molecule has 0 bridgehead atoms. The zero-order chi connectivity index (χ0) is 11.4. The molecule has 0 aromatic heterocycles. The first-order chi connectivity index (χ1) is 7.02. The van der Waals surface area contributed by atoms with Gasteiger partial charge in [-0.1, -0.05) is 0 Å². The Bertz CT molecular complexity index is 290. The van der Waals surface area contributed by atoms with Crippen LogP contribution in [-0.4, -0.2) is 40.4 Å². The Hall–Kier alpha value is -1.59. The lowest BCUT2D eigenvalue weighted by atomic mass is 10.2. The van der Waals surface area contributed by atoms with Gasteiger partial charge in [0.05, 0.1) is 6.42 Å². The molecule has 2 amide bonds. The molecule has 0 saturated carbocycles. The molecule has 0 aromatic carbocycles. The molecule has 1 heterocycles. The Kier molecular flexibility index (Phi) is 3.65. The van der Waals surface area contributed by atoms with Crippen molar-refractivity contribution in [1.29, 1.82) is 0 Å². The number of carboxylic acid groups (broad SMARTS) is 1. The Morgan fingerprint density at radius 2 is 2.00 bits per heavy atom. The minimum absolute atomic E-state index is 0.0703. The molecule has 1 fully saturated rings. The maximum absolute atomic E-state index is 11.5. The van der Waals surface area contributed by atoms with E-state index in [4.69, 9.17) is 10.8 Å². The number of rotatable bonds is 4. The van der Waals surface area contributed by atoms with Gasteiger partial charge in [-0.2, -0.15) is 0 Å². The van der Waals surface area contributed by atoms with Crippen molar-refractivity contribution >= 4 is 17.8 Å². The van der Waals surface area contributed by atoms with Crippen LogP contribution in [0.25, 0.3) is 0 Å². The summed E-state index contributed by atoms with van der Waals surface area (Å²) in [4.78, 5) is 34.1. The lowest BCUT2D eigenvalue weighted by molar-refractivity contribution is -0.142. The third-order valence-corrected chi connectivity index (χ3v) is 2.45. The highest BCUT2D eigenvalue weighted by Gasteiger charge is 2.32. The molecule has 6 nitrogen and oxygen atoms in total. The van der Waals surface area contributed by atoms with Gasteiger partial charge < -0.3 is 15.7 Å². The van der Waals surface area contributed by atoms with Gasteiger partial charge in [0.15, 0.2) is 0 Å². The highest BCUT2D eigenvalue weighted by Crippen LogP contribution is 2.18. The Morgan fingerprint density at radius 1 is 1.33 bits per heavy atom. The average molecular weight is 214 g/mol. The number of likely N-dealkylation sites (tertiary alicyclic amines) is 1. The quantitative estimate of drug-likeness (QED) is 0.647. The first-order valence-corrected chi connectivity index (χ1v) is 4.83. The molecule has 6 heteroatoms. The summed E-state index contributed by atoms with van der Waals surface area (Å²) < 4.78 is 0. The van der Waals surface area contributed by atoms with Crippen molar-refractivity contribution in [2.24, 2.45) is 5.73 Å². The summed E-state index contributed by atoms with van der Waals surface area (Å²) in [6, 6.07) is -0.550. The zero-order valence-corrected chi connectivity index (χ0v) is 8.31. The standard InChI is InChI=1S/C9H14N2O4/c10-9(15)6-2-1-5-11(6)7(12)3-4-8(13)14/h6H,1-5H2,(H2,10,15)(H,13,14)/t6-/m1/s1. The van der Waals surface area contributed by atoms with E-state index in [-0.39, 0.29) is 18.7 Å². The molecule has 3 N–H and O–H groups in total. The topological polar surface area (TPSA) is 101 Å². The minimum Gasteiger partial charge on any atom is -0.481 e. The predicted octanol–water partition coefficient (Wildman–Crippen LogP) is -0.673. The molecule has 1 aliphatic rings. The van der Waals surface area contributed by atoms with Gasteiger partial charge in [0, 0.05) is 13.0 Å². The van der Waals surface area contributed by atoms with Gasteiger partial charge in [0.25, 0.3) is 0 Å². The summed E-state index contributed by atoms with van der Waals surface area (Å²) in [5.74, 6) is -1.84. The molecule has 0 aliphatic carbocycles. The normalized spacial score (nSPS) is 20.3. The van der Waals surface area contributed by atoms with E-state index in [1.807, 2.05) is 0 Å². The minimum atomic E-state index is -1.02. The number of hydrogen-bond acceptors (Lipinski definition) is 3. The third-order valence-electron chi connectivity index (χ3n) is 2.45. The van der Waals surface area contributed by atoms with Gasteiger partial charge in [-0.3, -0.25) is 14.4 Å². The number of aliphatic carboxylic acids is 1. The van der Waals surface area contributed by atoms with Gasteiger partial charge >= 0.3 is 5.97 Å². The van der Waals surface area contributed by atoms with Gasteiger partial charge in [0.2, 0.25) is 11.8 Å². The van der Waals surface area contributed by atoms with E-state index < -0.39 is 17.9 Å². The van der Waals surface area contributed by atoms with Crippen LogP contribution in [0.3, 0.4) is 0 Å². The number of nitrogens with two attached hydrogens (primary N) is 1. The number of carbonyl (C=O) groups is 3. The van der Waals surface area contributed by atoms with Crippen LogP contribution in [0.1, 0.15) is 25.7 Å². The van der Waals surface area contributed by atoms with Crippen LogP contribution in [0.2, 0.25) is 0 Å². The van der Waals surface area contributed by atoms with E-state index in [0.29, 0.717) is 13.0 Å². The van der Waals surface area contributed by atoms with Crippen LogP contribution in [0.4, 0.5) is 0 Å². The van der Waals surface area contributed by atoms with Crippen LogP contribution < -0.4 is 5.73 Å². The number of carboxylic acids is 1. The van der Waals surface area contributed by atoms with Crippen molar-refractivity contribution < 1.29 is 19.5 Å². The third kappa shape index (κ3) is 2.93. The second-order valence-corrected chi connectivity index (χ2v) is 3.54. The van der Waals surface area contributed by atoms with Crippen LogP contribution in [0, 0.1) is 0 Å². The molecule has 15 heavy (non-hydrogen) atoms. The van der Waals surface area contributed by atoms with Crippen molar-refractivity contribution in [3.8, 4) is 0 Å². The molecule has 1 saturated heterocycles. The monoisotopic (exact) mass is 214 g/mol. The van der Waals surface area contributed by atoms with Gasteiger partial charge in [-0.25, -0.2) is 0 Å². The van der Waals surface area contributed by atoms with E-state index in [9.17, 15) is 14.4 Å². The van der Waals surface area contributed by atoms with Gasteiger partial charge in [-0.05, 0) is 12.8 Å². The lowest BCUT2D eigenvalue weighted by Crippen LogP contribution is -2.43. The van der Waals surface area contributed by atoms with E-state index in [1.165, 1.54) is 4.90 Å². The second-order valence-electron chi connectivity index (χ2n) is 3.54. The zero-order valence-electron chi connectivity index (χ0n) is 8.31. The Morgan fingerprint density at radius 3 is 2.53 bits per heavy atom. The van der Waals surface area contributed by atoms with Crippen LogP contribution >= 0.6 is 0 Å². The average Bonchev–Trinajstić information content (AvgIpc) is 2.62. The fourth-order valence-corrected chi connectivity index (χ4v) is 1.72. The molecule has 0 radical (unpaired) electrons. The van der Waals surface area contributed by atoms with E-state index >= 15 is 0 Å². The number of primary amides is 1. The van der Waals surface area contributed by atoms with Crippen molar-refractivity contribution in [3.05, 3.63) is 0 Å². The number of hydrogen-bond donors (Lipinski definition) is 2. The molecule has 0 spiro atoms. The molecule has 84 valence electrons. The smallest absolute Gasteiger partial charge is 0.303 e. The van der Waals surface area contributed by atoms with Gasteiger partial charge in [-0.15, -0.1) is 0 Å². The summed E-state index contributed by atoms with van der Waals surface area (Å²) in [7, 11) is 0. The predicted molar refractivity (Wildman–Crippen MR) is 50.8 cm³/mol. The van der Waals surface area contributed by atoms with E-state index in [0.717, 1.165) is 6.42 Å². The maximum atomic E-state index is 11.5. The Balaban J connectivity index is 2.51. The van der Waals surface area contributed by atoms with Gasteiger partial charge in [0.1, 0.15) is 6.04 Å². The Labute approximate surface area is 87.0 Å². The summed E-state index contributed by atoms with van der Waals surface area (Å²) >= 11 is 0. The highest BCUT2D eigenvalue weighted by molar-refractivity contribution is 5.88. The van der Waals surface area contributed by atoms with Crippen LogP contribution in [0.15, 0.2) is 0 Å². The van der Waals surface area contributed by atoms with Crippen LogP contribution in [0.5, 0.6) is 0 Å². The summed E-state index contributed by atoms with van der Waals surface area (Å²) in [6.07, 6.45) is 1.04. The fourth-order valence-electron chi connectivity index (χ4n) is 1.72. The molecule has 0 unspecified atom stereocenters. The van der Waals surface area contributed by atoms with E-state index in [2.05, 4.69) is 0 Å². The molecular weight excluding hydrogens is 200 g/mol. The maximum Gasteiger partial charge on any atom is 0.303 e. The first-order valence-electron chi connectivity index (χ1n) is 4.83. The first kappa shape index (κ1) is 11.5.